The Balaban J connectivity index is 1.91. The summed E-state index contributed by atoms with van der Waals surface area (Å²) in [5.74, 6) is 1.38. The Hall–Kier alpha value is -0.530. The first-order valence-corrected chi connectivity index (χ1v) is 8.32. The quantitative estimate of drug-likeness (QED) is 0.680. The average molecular weight is 313 g/mol. The summed E-state index contributed by atoms with van der Waals surface area (Å²) in [5.41, 5.74) is 0.861. The number of hydrogen-bond donors (Lipinski definition) is 0. The second kappa shape index (κ2) is 7.47. The van der Waals surface area contributed by atoms with Crippen LogP contribution in [-0.2, 0) is 11.2 Å². The molecule has 0 N–H and O–H groups in total. The van der Waals surface area contributed by atoms with Crippen molar-refractivity contribution in [2.24, 2.45) is 11.8 Å². The summed E-state index contributed by atoms with van der Waals surface area (Å²) < 4.78 is 0. The van der Waals surface area contributed by atoms with Crippen LogP contribution in [0.25, 0.3) is 0 Å². The molecule has 0 radical (unpaired) electrons. The molecule has 0 unspecified atom stereocenters. The van der Waals surface area contributed by atoms with Crippen molar-refractivity contribution in [3.8, 4) is 0 Å². The SMILES string of the molecule is CCCC1CCC(C(=O)Cc2cc(Cl)ccc2Cl)CC1. The van der Waals surface area contributed by atoms with E-state index in [0.717, 1.165) is 24.3 Å². The Morgan fingerprint density at radius 1 is 1.20 bits per heavy atom. The van der Waals surface area contributed by atoms with E-state index in [1.54, 1.807) is 12.1 Å². The van der Waals surface area contributed by atoms with Crippen molar-refractivity contribution < 1.29 is 4.79 Å². The predicted molar refractivity (Wildman–Crippen MR) is 85.5 cm³/mol. The van der Waals surface area contributed by atoms with Crippen LogP contribution in [0.1, 0.15) is 51.0 Å². The molecule has 3 heteroatoms. The molecule has 0 saturated heterocycles. The zero-order chi connectivity index (χ0) is 14.5. The van der Waals surface area contributed by atoms with E-state index in [9.17, 15) is 4.79 Å². The fourth-order valence-corrected chi connectivity index (χ4v) is 3.57. The molecule has 0 aliphatic heterocycles. The third kappa shape index (κ3) is 4.23. The second-order valence-electron chi connectivity index (χ2n) is 5.89. The highest BCUT2D eigenvalue weighted by atomic mass is 35.5. The molecule has 0 spiro atoms. The van der Waals surface area contributed by atoms with Crippen LogP contribution < -0.4 is 0 Å². The molecule has 1 nitrogen and oxygen atoms in total. The van der Waals surface area contributed by atoms with E-state index in [4.69, 9.17) is 23.2 Å². The van der Waals surface area contributed by atoms with Crippen LogP contribution in [0.5, 0.6) is 0 Å². The highest BCUT2D eigenvalue weighted by Gasteiger charge is 2.26. The number of ketones is 1. The molecule has 1 aliphatic rings. The molecule has 0 heterocycles. The van der Waals surface area contributed by atoms with Crippen LogP contribution in [0.3, 0.4) is 0 Å². The first-order valence-electron chi connectivity index (χ1n) is 7.56. The Morgan fingerprint density at radius 2 is 1.90 bits per heavy atom. The smallest absolute Gasteiger partial charge is 0.140 e. The molecular formula is C17H22Cl2O. The number of halogens is 2. The van der Waals surface area contributed by atoms with Crippen LogP contribution >= 0.6 is 23.2 Å². The van der Waals surface area contributed by atoms with Crippen LogP contribution in [0.4, 0.5) is 0 Å². The molecular weight excluding hydrogens is 291 g/mol. The summed E-state index contributed by atoms with van der Waals surface area (Å²) in [5, 5.41) is 1.28. The topological polar surface area (TPSA) is 17.1 Å². The van der Waals surface area contributed by atoms with Crippen LogP contribution in [-0.4, -0.2) is 5.78 Å². The van der Waals surface area contributed by atoms with Gasteiger partial charge in [-0.2, -0.15) is 0 Å². The van der Waals surface area contributed by atoms with Crippen LogP contribution in [0.2, 0.25) is 10.0 Å². The molecule has 0 amide bonds. The first kappa shape index (κ1) is 15.9. The maximum absolute atomic E-state index is 12.4. The normalized spacial score (nSPS) is 22.8. The standard InChI is InChI=1S/C17H22Cl2O/c1-2-3-12-4-6-13(7-5-12)17(20)11-14-10-15(18)8-9-16(14)19/h8-10,12-13H,2-7,11H2,1H3. The largest absolute Gasteiger partial charge is 0.299 e. The van der Waals surface area contributed by atoms with Gasteiger partial charge in [0.1, 0.15) is 5.78 Å². The van der Waals surface area contributed by atoms with E-state index >= 15 is 0 Å². The van der Waals surface area contributed by atoms with E-state index in [1.807, 2.05) is 6.07 Å². The molecule has 1 aliphatic carbocycles. The van der Waals surface area contributed by atoms with Gasteiger partial charge in [0.05, 0.1) is 0 Å². The highest BCUT2D eigenvalue weighted by Crippen LogP contribution is 2.33. The van der Waals surface area contributed by atoms with Crippen molar-refractivity contribution in [2.75, 3.05) is 0 Å². The fourth-order valence-electron chi connectivity index (χ4n) is 3.19. The van der Waals surface area contributed by atoms with Crippen molar-refractivity contribution in [2.45, 2.75) is 51.9 Å². The molecule has 1 aromatic carbocycles. The summed E-state index contributed by atoms with van der Waals surface area (Å²) in [4.78, 5) is 12.4. The van der Waals surface area contributed by atoms with Crippen molar-refractivity contribution in [3.63, 3.8) is 0 Å². The lowest BCUT2D eigenvalue weighted by Gasteiger charge is -2.27. The van der Waals surface area contributed by atoms with E-state index in [-0.39, 0.29) is 5.92 Å². The first-order chi connectivity index (χ1) is 9.60. The minimum atomic E-state index is 0.221. The predicted octanol–water partition coefficient (Wildman–Crippen LogP) is 5.71. The van der Waals surface area contributed by atoms with E-state index in [2.05, 4.69) is 6.92 Å². The molecule has 0 bridgehead atoms. The Labute approximate surface area is 131 Å². The zero-order valence-corrected chi connectivity index (χ0v) is 13.5. The summed E-state index contributed by atoms with van der Waals surface area (Å²) in [6.45, 7) is 2.23. The van der Waals surface area contributed by atoms with Crippen molar-refractivity contribution in [1.29, 1.82) is 0 Å². The van der Waals surface area contributed by atoms with Gasteiger partial charge in [0, 0.05) is 22.4 Å². The third-order valence-electron chi connectivity index (χ3n) is 4.37. The van der Waals surface area contributed by atoms with Gasteiger partial charge in [0.15, 0.2) is 0 Å². The number of Topliss-reactive ketones (excluding diaryl/α,β-unsaturated/α-hetero) is 1. The van der Waals surface area contributed by atoms with Gasteiger partial charge in [0.2, 0.25) is 0 Å². The maximum atomic E-state index is 12.4. The molecule has 1 saturated carbocycles. The lowest BCUT2D eigenvalue weighted by Crippen LogP contribution is -2.23. The molecule has 1 aromatic rings. The maximum Gasteiger partial charge on any atom is 0.140 e. The molecule has 20 heavy (non-hydrogen) atoms. The van der Waals surface area contributed by atoms with Gasteiger partial charge in [-0.05, 0) is 55.4 Å². The fraction of sp³-hybridized carbons (Fsp3) is 0.588. The van der Waals surface area contributed by atoms with Crippen LogP contribution in [0, 0.1) is 11.8 Å². The monoisotopic (exact) mass is 312 g/mol. The van der Waals surface area contributed by atoms with Gasteiger partial charge in [-0.25, -0.2) is 0 Å². The minimum Gasteiger partial charge on any atom is -0.299 e. The summed E-state index contributed by atoms with van der Waals surface area (Å²) in [6.07, 6.45) is 7.47. The molecule has 2 rings (SSSR count). The van der Waals surface area contributed by atoms with Gasteiger partial charge in [0.25, 0.3) is 0 Å². The Kier molecular flexibility index (Phi) is 5.92. The van der Waals surface area contributed by atoms with Gasteiger partial charge >= 0.3 is 0 Å². The summed E-state index contributed by atoms with van der Waals surface area (Å²) in [6, 6.07) is 5.34. The highest BCUT2D eigenvalue weighted by molar-refractivity contribution is 6.33. The van der Waals surface area contributed by atoms with Crippen LogP contribution in [0.15, 0.2) is 18.2 Å². The molecule has 1 fully saturated rings. The molecule has 0 aromatic heterocycles. The van der Waals surface area contributed by atoms with E-state index < -0.39 is 0 Å². The second-order valence-corrected chi connectivity index (χ2v) is 6.73. The van der Waals surface area contributed by atoms with Gasteiger partial charge in [-0.3, -0.25) is 4.79 Å². The average Bonchev–Trinajstić information content (AvgIpc) is 2.44. The van der Waals surface area contributed by atoms with Gasteiger partial charge < -0.3 is 0 Å². The number of hydrogen-bond acceptors (Lipinski definition) is 1. The lowest BCUT2D eigenvalue weighted by atomic mass is 9.77. The van der Waals surface area contributed by atoms with Crippen molar-refractivity contribution in [3.05, 3.63) is 33.8 Å². The third-order valence-corrected chi connectivity index (χ3v) is 4.98. The number of rotatable bonds is 5. The minimum absolute atomic E-state index is 0.221. The van der Waals surface area contributed by atoms with Gasteiger partial charge in [-0.15, -0.1) is 0 Å². The Morgan fingerprint density at radius 3 is 2.55 bits per heavy atom. The molecule has 110 valence electrons. The Bertz CT molecular complexity index is 462. The molecule has 0 atom stereocenters. The number of carbonyl (C=O) groups is 1. The summed E-state index contributed by atoms with van der Waals surface area (Å²) in [7, 11) is 0. The number of carbonyl (C=O) groups excluding carboxylic acids is 1. The van der Waals surface area contributed by atoms with E-state index in [1.165, 1.54) is 25.7 Å². The van der Waals surface area contributed by atoms with E-state index in [0.29, 0.717) is 22.2 Å². The summed E-state index contributed by atoms with van der Waals surface area (Å²) >= 11 is 12.1. The number of benzene rings is 1. The van der Waals surface area contributed by atoms with Gasteiger partial charge in [-0.1, -0.05) is 43.0 Å². The van der Waals surface area contributed by atoms with Crippen molar-refractivity contribution >= 4 is 29.0 Å². The lowest BCUT2D eigenvalue weighted by molar-refractivity contribution is -0.123. The van der Waals surface area contributed by atoms with Crippen molar-refractivity contribution in [1.82, 2.24) is 0 Å². The zero-order valence-electron chi connectivity index (χ0n) is 12.0.